The lowest BCUT2D eigenvalue weighted by Gasteiger charge is -2.14. The van der Waals surface area contributed by atoms with E-state index in [1.165, 1.54) is 17.9 Å². The maximum atomic E-state index is 12.6. The molecule has 1 heterocycles. The average molecular weight is 477 g/mol. The average Bonchev–Trinajstić information content (AvgIpc) is 3.37. The Morgan fingerprint density at radius 2 is 1.60 bits per heavy atom. The van der Waals surface area contributed by atoms with Crippen molar-refractivity contribution in [1.29, 1.82) is 0 Å². The number of carbonyl (C=O) groups is 4. The Balaban J connectivity index is 1.38. The second kappa shape index (κ2) is 10.1. The number of rotatable bonds is 8. The molecule has 3 amide bonds. The standard InChI is InChI=1S/C24H23N5O6/c1-29-22(23(33)26-11-20(30)25-12-21(31)32)19(10-27-29)28-24(34)35-13-18-16-8-4-2-6-14(16)15-7-3-5-9-17(15)18/h2-10,18H,11-13H2,1H3,(H,25,30)(H,26,33)(H,28,34)(H,31,32). The van der Waals surface area contributed by atoms with Gasteiger partial charge in [-0.3, -0.25) is 24.4 Å². The van der Waals surface area contributed by atoms with Crippen LogP contribution >= 0.6 is 0 Å². The van der Waals surface area contributed by atoms with Crippen LogP contribution in [0.1, 0.15) is 27.5 Å². The van der Waals surface area contributed by atoms with Crippen molar-refractivity contribution >= 4 is 29.6 Å². The molecule has 180 valence electrons. The van der Waals surface area contributed by atoms with Crippen LogP contribution in [-0.4, -0.2) is 58.5 Å². The van der Waals surface area contributed by atoms with Crippen molar-refractivity contribution in [2.24, 2.45) is 7.05 Å². The molecular formula is C24H23N5O6. The van der Waals surface area contributed by atoms with Gasteiger partial charge in [-0.05, 0) is 22.3 Å². The number of benzene rings is 2. The van der Waals surface area contributed by atoms with E-state index in [0.717, 1.165) is 22.3 Å². The van der Waals surface area contributed by atoms with Crippen LogP contribution in [0, 0.1) is 0 Å². The third kappa shape index (κ3) is 5.13. The molecule has 3 aromatic rings. The van der Waals surface area contributed by atoms with Gasteiger partial charge in [-0.15, -0.1) is 0 Å². The molecule has 4 rings (SSSR count). The van der Waals surface area contributed by atoms with Gasteiger partial charge in [0.25, 0.3) is 5.91 Å². The fraction of sp³-hybridized carbons (Fsp3) is 0.208. The Hall–Kier alpha value is -4.67. The van der Waals surface area contributed by atoms with Crippen molar-refractivity contribution in [2.45, 2.75) is 5.92 Å². The first-order valence-corrected chi connectivity index (χ1v) is 10.8. The normalized spacial score (nSPS) is 11.8. The number of carboxylic acid groups (broad SMARTS) is 1. The fourth-order valence-electron chi connectivity index (χ4n) is 4.02. The summed E-state index contributed by atoms with van der Waals surface area (Å²) in [4.78, 5) is 47.3. The number of aromatic nitrogens is 2. The van der Waals surface area contributed by atoms with Gasteiger partial charge in [-0.2, -0.15) is 5.10 Å². The van der Waals surface area contributed by atoms with Crippen LogP contribution in [0.15, 0.2) is 54.7 Å². The molecule has 35 heavy (non-hydrogen) atoms. The van der Waals surface area contributed by atoms with Gasteiger partial charge in [0, 0.05) is 13.0 Å². The number of amides is 3. The topological polar surface area (TPSA) is 152 Å². The molecule has 4 N–H and O–H groups in total. The van der Waals surface area contributed by atoms with Gasteiger partial charge in [-0.1, -0.05) is 48.5 Å². The zero-order valence-electron chi connectivity index (χ0n) is 18.8. The zero-order valence-corrected chi connectivity index (χ0v) is 18.8. The van der Waals surface area contributed by atoms with Crippen molar-refractivity contribution in [3.63, 3.8) is 0 Å². The number of carboxylic acids is 1. The van der Waals surface area contributed by atoms with Gasteiger partial charge in [0.1, 0.15) is 18.8 Å². The lowest BCUT2D eigenvalue weighted by molar-refractivity contribution is -0.137. The zero-order chi connectivity index (χ0) is 24.9. The van der Waals surface area contributed by atoms with Gasteiger partial charge in [0.2, 0.25) is 5.91 Å². The third-order valence-corrected chi connectivity index (χ3v) is 5.58. The molecule has 0 atom stereocenters. The van der Waals surface area contributed by atoms with Gasteiger partial charge in [0.15, 0.2) is 0 Å². The number of hydrogen-bond acceptors (Lipinski definition) is 6. The molecule has 11 nitrogen and oxygen atoms in total. The molecule has 0 saturated heterocycles. The van der Waals surface area contributed by atoms with E-state index in [-0.39, 0.29) is 23.9 Å². The summed E-state index contributed by atoms with van der Waals surface area (Å²) in [5, 5.41) is 19.6. The Bertz CT molecular complexity index is 1260. The number of nitrogens with zero attached hydrogens (tertiary/aromatic N) is 2. The molecule has 0 unspecified atom stereocenters. The number of aryl methyl sites for hydroxylation is 1. The predicted octanol–water partition coefficient (Wildman–Crippen LogP) is 1.71. The van der Waals surface area contributed by atoms with E-state index >= 15 is 0 Å². The van der Waals surface area contributed by atoms with Crippen LogP contribution in [-0.2, 0) is 21.4 Å². The monoisotopic (exact) mass is 477 g/mol. The van der Waals surface area contributed by atoms with Gasteiger partial charge < -0.3 is 20.5 Å². The van der Waals surface area contributed by atoms with Crippen LogP contribution in [0.3, 0.4) is 0 Å². The van der Waals surface area contributed by atoms with Crippen molar-refractivity contribution < 1.29 is 29.0 Å². The maximum absolute atomic E-state index is 12.6. The molecule has 11 heteroatoms. The molecule has 1 aromatic heterocycles. The molecule has 1 aliphatic carbocycles. The lowest BCUT2D eigenvalue weighted by Crippen LogP contribution is -2.39. The van der Waals surface area contributed by atoms with Crippen LogP contribution < -0.4 is 16.0 Å². The number of anilines is 1. The SMILES string of the molecule is Cn1ncc(NC(=O)OCC2c3ccccc3-c3ccccc32)c1C(=O)NCC(=O)NCC(=O)O. The van der Waals surface area contributed by atoms with Crippen molar-refractivity contribution in [2.75, 3.05) is 25.0 Å². The minimum Gasteiger partial charge on any atom is -0.480 e. The van der Waals surface area contributed by atoms with Crippen molar-refractivity contribution in [3.05, 3.63) is 71.5 Å². The van der Waals surface area contributed by atoms with E-state index in [1.807, 2.05) is 48.5 Å². The summed E-state index contributed by atoms with van der Waals surface area (Å²) in [6.45, 7) is -0.901. The molecule has 0 spiro atoms. The quantitative estimate of drug-likeness (QED) is 0.385. The summed E-state index contributed by atoms with van der Waals surface area (Å²) < 4.78 is 6.74. The smallest absolute Gasteiger partial charge is 0.411 e. The minimum atomic E-state index is -1.20. The number of hydrogen-bond donors (Lipinski definition) is 4. The first-order chi connectivity index (χ1) is 16.8. The summed E-state index contributed by atoms with van der Waals surface area (Å²) >= 11 is 0. The second-order valence-corrected chi connectivity index (χ2v) is 7.83. The number of ether oxygens (including phenoxy) is 1. The first kappa shape index (κ1) is 23.5. The first-order valence-electron chi connectivity index (χ1n) is 10.8. The van der Waals surface area contributed by atoms with Gasteiger partial charge in [-0.25, -0.2) is 4.79 Å². The highest BCUT2D eigenvalue weighted by molar-refractivity contribution is 6.02. The molecule has 1 aliphatic rings. The summed E-state index contributed by atoms with van der Waals surface area (Å²) in [6, 6.07) is 15.9. The maximum Gasteiger partial charge on any atom is 0.411 e. The highest BCUT2D eigenvalue weighted by atomic mass is 16.5. The molecular weight excluding hydrogens is 454 g/mol. The highest BCUT2D eigenvalue weighted by Crippen LogP contribution is 2.44. The summed E-state index contributed by atoms with van der Waals surface area (Å²) in [5.74, 6) is -2.67. The molecule has 0 saturated carbocycles. The summed E-state index contributed by atoms with van der Waals surface area (Å²) in [6.07, 6.45) is 0.536. The molecule has 0 aliphatic heterocycles. The van der Waals surface area contributed by atoms with Crippen molar-refractivity contribution in [1.82, 2.24) is 20.4 Å². The van der Waals surface area contributed by atoms with E-state index in [2.05, 4.69) is 21.0 Å². The second-order valence-electron chi connectivity index (χ2n) is 7.83. The molecule has 0 radical (unpaired) electrons. The predicted molar refractivity (Wildman–Crippen MR) is 125 cm³/mol. The Kier molecular flexibility index (Phi) is 6.76. The number of carbonyl (C=O) groups excluding carboxylic acids is 3. The summed E-state index contributed by atoms with van der Waals surface area (Å²) in [7, 11) is 1.50. The van der Waals surface area contributed by atoms with Gasteiger partial charge in [0.05, 0.1) is 18.4 Å². The van der Waals surface area contributed by atoms with E-state index in [4.69, 9.17) is 9.84 Å². The molecule has 0 fully saturated rings. The van der Waals surface area contributed by atoms with Gasteiger partial charge >= 0.3 is 12.1 Å². The summed E-state index contributed by atoms with van der Waals surface area (Å²) in [5.41, 5.74) is 4.47. The number of nitrogens with one attached hydrogen (secondary N) is 3. The molecule has 2 aromatic carbocycles. The Morgan fingerprint density at radius 1 is 0.971 bits per heavy atom. The van der Waals surface area contributed by atoms with Crippen LogP contribution in [0.5, 0.6) is 0 Å². The number of fused-ring (bicyclic) bond motifs is 3. The highest BCUT2D eigenvalue weighted by Gasteiger charge is 2.29. The fourth-order valence-corrected chi connectivity index (χ4v) is 4.02. The Morgan fingerprint density at radius 3 is 2.23 bits per heavy atom. The largest absolute Gasteiger partial charge is 0.480 e. The third-order valence-electron chi connectivity index (χ3n) is 5.58. The lowest BCUT2D eigenvalue weighted by atomic mass is 9.98. The van der Waals surface area contributed by atoms with Crippen LogP contribution in [0.25, 0.3) is 11.1 Å². The minimum absolute atomic E-state index is 0.00421. The van der Waals surface area contributed by atoms with E-state index in [0.29, 0.717) is 0 Å². The van der Waals surface area contributed by atoms with E-state index < -0.39 is 37.0 Å². The van der Waals surface area contributed by atoms with Crippen LogP contribution in [0.2, 0.25) is 0 Å². The number of aliphatic carboxylic acids is 1. The Labute approximate surface area is 200 Å². The van der Waals surface area contributed by atoms with Crippen LogP contribution in [0.4, 0.5) is 10.5 Å². The molecule has 0 bridgehead atoms. The van der Waals surface area contributed by atoms with E-state index in [1.54, 1.807) is 0 Å². The van der Waals surface area contributed by atoms with E-state index in [9.17, 15) is 19.2 Å². The van der Waals surface area contributed by atoms with Crippen molar-refractivity contribution in [3.8, 4) is 11.1 Å².